The molecule has 0 aliphatic rings. The van der Waals surface area contributed by atoms with Gasteiger partial charge >= 0.3 is 5.97 Å². The van der Waals surface area contributed by atoms with Gasteiger partial charge in [0.1, 0.15) is 0 Å². The highest BCUT2D eigenvalue weighted by Gasteiger charge is 2.42. The summed E-state index contributed by atoms with van der Waals surface area (Å²) in [7, 11) is 0. The van der Waals surface area contributed by atoms with E-state index in [0.29, 0.717) is 18.0 Å². The van der Waals surface area contributed by atoms with E-state index in [-0.39, 0.29) is 18.4 Å². The van der Waals surface area contributed by atoms with Crippen LogP contribution in [-0.4, -0.2) is 38.0 Å². The number of carboxylic acids is 1. The van der Waals surface area contributed by atoms with Gasteiger partial charge in [-0.3, -0.25) is 4.98 Å². The summed E-state index contributed by atoms with van der Waals surface area (Å²) in [5, 5.41) is 30.1. The van der Waals surface area contributed by atoms with Crippen LogP contribution >= 0.6 is 0 Å². The second-order valence-corrected chi connectivity index (χ2v) is 7.99. The Bertz CT molecular complexity index is 587. The van der Waals surface area contributed by atoms with Crippen molar-refractivity contribution < 1.29 is 20.1 Å². The number of aromatic nitrogens is 1. The minimum Gasteiger partial charge on any atom is -0.479 e. The van der Waals surface area contributed by atoms with E-state index in [1.165, 1.54) is 0 Å². The van der Waals surface area contributed by atoms with Crippen LogP contribution in [0.25, 0.3) is 0 Å². The van der Waals surface area contributed by atoms with Gasteiger partial charge in [0.05, 0.1) is 6.10 Å². The van der Waals surface area contributed by atoms with Gasteiger partial charge in [-0.2, -0.15) is 0 Å². The van der Waals surface area contributed by atoms with Crippen molar-refractivity contribution in [3.05, 3.63) is 29.1 Å². The molecule has 3 atom stereocenters. The van der Waals surface area contributed by atoms with Crippen LogP contribution in [0.4, 0.5) is 0 Å². The third-order valence-corrected chi connectivity index (χ3v) is 5.19. The molecule has 0 aromatic carbocycles. The highest BCUT2D eigenvalue weighted by atomic mass is 16.4. The van der Waals surface area contributed by atoms with Gasteiger partial charge in [-0.05, 0) is 68.1 Å². The van der Waals surface area contributed by atoms with Crippen LogP contribution in [0.2, 0.25) is 0 Å². The molecule has 0 radical (unpaired) electrons. The van der Waals surface area contributed by atoms with E-state index in [2.05, 4.69) is 4.98 Å². The third-order valence-electron chi connectivity index (χ3n) is 5.19. The molecule has 5 nitrogen and oxygen atoms in total. The molecular formula is C21H35NO4. The maximum Gasteiger partial charge on any atom is 0.336 e. The number of hydrogen-bond acceptors (Lipinski definition) is 4. The second kappa shape index (κ2) is 10.0. The molecule has 0 aliphatic heterocycles. The van der Waals surface area contributed by atoms with Gasteiger partial charge in [0.2, 0.25) is 0 Å². The van der Waals surface area contributed by atoms with Crippen LogP contribution in [-0.2, 0) is 17.6 Å². The number of carbonyl (C=O) groups is 1. The number of aliphatic hydroxyl groups excluding tert-OH is 1. The van der Waals surface area contributed by atoms with E-state index in [4.69, 9.17) is 0 Å². The first kappa shape index (κ1) is 22.6. The zero-order valence-corrected chi connectivity index (χ0v) is 16.8. The Balaban J connectivity index is 2.93. The summed E-state index contributed by atoms with van der Waals surface area (Å²) in [5.74, 6) is -1.26. The van der Waals surface area contributed by atoms with E-state index in [1.807, 2.05) is 33.8 Å². The Hall–Kier alpha value is -1.46. The summed E-state index contributed by atoms with van der Waals surface area (Å²) in [4.78, 5) is 16.1. The highest BCUT2D eigenvalue weighted by Crippen LogP contribution is 2.28. The molecule has 26 heavy (non-hydrogen) atoms. The fraction of sp³-hybridized carbons (Fsp3) is 0.714. The molecule has 0 amide bonds. The SMILES string of the molecule is CCC(O)CCCc1cc(C[C@](O)(C(=O)O)[C@@H](C)CC(C)C)ncc1C. The lowest BCUT2D eigenvalue weighted by atomic mass is 9.79. The van der Waals surface area contributed by atoms with Crippen molar-refractivity contribution in [3.63, 3.8) is 0 Å². The highest BCUT2D eigenvalue weighted by molar-refractivity contribution is 5.78. The monoisotopic (exact) mass is 365 g/mol. The van der Waals surface area contributed by atoms with Crippen LogP contribution < -0.4 is 0 Å². The molecule has 0 saturated heterocycles. The lowest BCUT2D eigenvalue weighted by Crippen LogP contribution is -2.47. The van der Waals surface area contributed by atoms with E-state index in [1.54, 1.807) is 13.1 Å². The molecular weight excluding hydrogens is 330 g/mol. The van der Waals surface area contributed by atoms with Crippen LogP contribution in [0, 0.1) is 18.8 Å². The van der Waals surface area contributed by atoms with Crippen molar-refractivity contribution in [3.8, 4) is 0 Å². The van der Waals surface area contributed by atoms with Gasteiger partial charge in [0.25, 0.3) is 0 Å². The fourth-order valence-electron chi connectivity index (χ4n) is 3.35. The molecule has 0 fully saturated rings. The van der Waals surface area contributed by atoms with Crippen LogP contribution in [0.1, 0.15) is 70.2 Å². The van der Waals surface area contributed by atoms with E-state index >= 15 is 0 Å². The summed E-state index contributed by atoms with van der Waals surface area (Å²) in [6.07, 6.45) is 5.29. The quantitative estimate of drug-likeness (QED) is 0.558. The van der Waals surface area contributed by atoms with Gasteiger partial charge in [-0.15, -0.1) is 0 Å². The molecule has 1 aromatic heterocycles. The number of nitrogens with zero attached hydrogens (tertiary/aromatic N) is 1. The van der Waals surface area contributed by atoms with Crippen molar-refractivity contribution in [1.29, 1.82) is 0 Å². The van der Waals surface area contributed by atoms with E-state index in [0.717, 1.165) is 36.8 Å². The maximum absolute atomic E-state index is 11.8. The van der Waals surface area contributed by atoms with Crippen molar-refractivity contribution in [2.75, 3.05) is 0 Å². The van der Waals surface area contributed by atoms with Gasteiger partial charge in [0, 0.05) is 18.3 Å². The van der Waals surface area contributed by atoms with Crippen LogP contribution in [0.5, 0.6) is 0 Å². The molecule has 1 rings (SSSR count). The first-order valence-corrected chi connectivity index (χ1v) is 9.68. The number of rotatable bonds is 11. The summed E-state index contributed by atoms with van der Waals surface area (Å²) in [6, 6.07) is 1.91. The molecule has 1 aromatic rings. The van der Waals surface area contributed by atoms with Gasteiger partial charge in [0.15, 0.2) is 5.60 Å². The largest absolute Gasteiger partial charge is 0.479 e. The number of carboxylic acid groups (broad SMARTS) is 1. The second-order valence-electron chi connectivity index (χ2n) is 7.99. The molecule has 5 heteroatoms. The lowest BCUT2D eigenvalue weighted by Gasteiger charge is -2.31. The summed E-state index contributed by atoms with van der Waals surface area (Å²) in [5.41, 5.74) is 0.931. The number of aryl methyl sites for hydroxylation is 2. The predicted octanol–water partition coefficient (Wildman–Crippen LogP) is 3.52. The van der Waals surface area contributed by atoms with E-state index in [9.17, 15) is 20.1 Å². The smallest absolute Gasteiger partial charge is 0.336 e. The maximum atomic E-state index is 11.8. The van der Waals surface area contributed by atoms with Crippen LogP contribution in [0.3, 0.4) is 0 Å². The molecule has 0 aliphatic carbocycles. The Morgan fingerprint density at radius 2 is 1.96 bits per heavy atom. The Labute approximate surface area is 157 Å². The number of aliphatic carboxylic acids is 1. The van der Waals surface area contributed by atoms with Crippen molar-refractivity contribution in [2.45, 2.75) is 84.8 Å². The molecule has 3 N–H and O–H groups in total. The first-order valence-electron chi connectivity index (χ1n) is 9.68. The normalized spacial score (nSPS) is 16.3. The number of pyridine rings is 1. The average Bonchev–Trinajstić information content (AvgIpc) is 2.56. The third kappa shape index (κ3) is 6.36. The van der Waals surface area contributed by atoms with Gasteiger partial charge in [-0.1, -0.05) is 27.7 Å². The Morgan fingerprint density at radius 1 is 1.31 bits per heavy atom. The summed E-state index contributed by atoms with van der Waals surface area (Å²) >= 11 is 0. The zero-order chi connectivity index (χ0) is 19.9. The van der Waals surface area contributed by atoms with Crippen molar-refractivity contribution in [1.82, 2.24) is 4.98 Å². The molecule has 148 valence electrons. The van der Waals surface area contributed by atoms with Gasteiger partial charge in [-0.25, -0.2) is 4.79 Å². The zero-order valence-electron chi connectivity index (χ0n) is 16.8. The summed E-state index contributed by atoms with van der Waals surface area (Å²) in [6.45, 7) is 9.77. The number of hydrogen-bond donors (Lipinski definition) is 3. The Kier molecular flexibility index (Phi) is 8.71. The molecule has 1 heterocycles. The average molecular weight is 366 g/mol. The molecule has 0 bridgehead atoms. The standard InChI is InChI=1S/C21H35NO4/c1-6-19(23)9-7-8-17-11-18(22-13-15(17)4)12-21(26,20(24)25)16(5)10-14(2)3/h11,13-14,16,19,23,26H,6-10,12H2,1-5H3,(H,24,25)/t16-,19?,21+/m0/s1. The fourth-order valence-corrected chi connectivity index (χ4v) is 3.35. The lowest BCUT2D eigenvalue weighted by molar-refractivity contribution is -0.165. The van der Waals surface area contributed by atoms with Crippen LogP contribution in [0.15, 0.2) is 12.3 Å². The molecule has 0 spiro atoms. The summed E-state index contributed by atoms with van der Waals surface area (Å²) < 4.78 is 0. The number of aliphatic hydroxyl groups is 2. The van der Waals surface area contributed by atoms with Crippen molar-refractivity contribution >= 4 is 5.97 Å². The molecule has 1 unspecified atom stereocenters. The van der Waals surface area contributed by atoms with Gasteiger partial charge < -0.3 is 15.3 Å². The first-order chi connectivity index (χ1) is 12.1. The van der Waals surface area contributed by atoms with Crippen molar-refractivity contribution in [2.24, 2.45) is 11.8 Å². The minimum absolute atomic E-state index is 0.00108. The minimum atomic E-state index is -1.82. The topological polar surface area (TPSA) is 90.7 Å². The molecule has 0 saturated carbocycles. The Morgan fingerprint density at radius 3 is 2.50 bits per heavy atom. The van der Waals surface area contributed by atoms with E-state index < -0.39 is 11.6 Å². The predicted molar refractivity (Wildman–Crippen MR) is 103 cm³/mol.